The molecule has 0 bridgehead atoms. The molecule has 32 heavy (non-hydrogen) atoms. The molecule has 10 heteroatoms. The van der Waals surface area contributed by atoms with E-state index >= 15 is 0 Å². The van der Waals surface area contributed by atoms with Crippen molar-refractivity contribution in [2.45, 2.75) is 27.7 Å². The summed E-state index contributed by atoms with van der Waals surface area (Å²) in [7, 11) is 0. The minimum atomic E-state index is -0.156. The van der Waals surface area contributed by atoms with Gasteiger partial charge < -0.3 is 14.6 Å². The highest BCUT2D eigenvalue weighted by Gasteiger charge is 2.25. The van der Waals surface area contributed by atoms with Gasteiger partial charge in [0.1, 0.15) is 11.6 Å². The lowest BCUT2D eigenvalue weighted by atomic mass is 10.3. The van der Waals surface area contributed by atoms with E-state index in [2.05, 4.69) is 20.4 Å². The molecule has 0 radical (unpaired) electrons. The largest absolute Gasteiger partial charge is 0.456 e. The second kappa shape index (κ2) is 8.91. The number of amides is 2. The molecule has 1 N–H and O–H groups in total. The highest BCUT2D eigenvalue weighted by atomic mass is 16.3. The predicted molar refractivity (Wildman–Crippen MR) is 118 cm³/mol. The van der Waals surface area contributed by atoms with Crippen LogP contribution in [-0.2, 0) is 4.79 Å². The molecular weight excluding hydrogens is 410 g/mol. The summed E-state index contributed by atoms with van der Waals surface area (Å²) in [6.07, 6.45) is 0. The first-order chi connectivity index (χ1) is 15.3. The number of aromatic nitrogens is 4. The molecule has 3 aromatic rings. The summed E-state index contributed by atoms with van der Waals surface area (Å²) in [5.41, 5.74) is 2.41. The normalized spacial score (nSPS) is 14.6. The van der Waals surface area contributed by atoms with E-state index in [-0.39, 0.29) is 18.4 Å². The summed E-state index contributed by atoms with van der Waals surface area (Å²) in [6.45, 7) is 9.97. The van der Waals surface area contributed by atoms with Crippen LogP contribution < -0.4 is 5.32 Å². The van der Waals surface area contributed by atoms with Gasteiger partial charge in [0, 0.05) is 43.6 Å². The standard InChI is InChI=1S/C22H27N7O3/c1-14-11-15(2)24-22(23-14)29-19(12-16(3)26-29)25-20(30)13-27-7-9-28(10-8-27)21(31)18-6-5-17(4)32-18/h5-6,11-12H,7-10,13H2,1-4H3,(H,25,30). The molecule has 10 nitrogen and oxygen atoms in total. The van der Waals surface area contributed by atoms with E-state index in [0.717, 1.165) is 17.1 Å². The molecule has 0 unspecified atom stereocenters. The number of aryl methyl sites for hydroxylation is 4. The van der Waals surface area contributed by atoms with Gasteiger partial charge in [-0.25, -0.2) is 9.97 Å². The number of nitrogens with zero attached hydrogens (tertiary/aromatic N) is 6. The Morgan fingerprint density at radius 2 is 1.66 bits per heavy atom. The maximum atomic E-state index is 12.7. The number of piperazine rings is 1. The van der Waals surface area contributed by atoms with Crippen LogP contribution in [0.15, 0.2) is 28.7 Å². The average molecular weight is 438 g/mol. The lowest BCUT2D eigenvalue weighted by molar-refractivity contribution is -0.117. The molecule has 0 spiro atoms. The van der Waals surface area contributed by atoms with Crippen LogP contribution in [0.3, 0.4) is 0 Å². The van der Waals surface area contributed by atoms with Crippen LogP contribution in [-0.4, -0.2) is 74.1 Å². The van der Waals surface area contributed by atoms with Crippen molar-refractivity contribution in [2.75, 3.05) is 38.0 Å². The lowest BCUT2D eigenvalue weighted by Gasteiger charge is -2.33. The van der Waals surface area contributed by atoms with E-state index in [1.54, 1.807) is 27.8 Å². The Balaban J connectivity index is 1.36. The van der Waals surface area contributed by atoms with Crippen molar-refractivity contribution in [2.24, 2.45) is 0 Å². The number of hydrogen-bond acceptors (Lipinski definition) is 7. The highest BCUT2D eigenvalue weighted by Crippen LogP contribution is 2.16. The number of rotatable bonds is 5. The van der Waals surface area contributed by atoms with Crippen molar-refractivity contribution in [3.8, 4) is 5.95 Å². The Kier molecular flexibility index (Phi) is 6.04. The zero-order valence-electron chi connectivity index (χ0n) is 18.8. The quantitative estimate of drug-likeness (QED) is 0.649. The van der Waals surface area contributed by atoms with Crippen molar-refractivity contribution >= 4 is 17.6 Å². The van der Waals surface area contributed by atoms with E-state index in [1.165, 1.54) is 0 Å². The zero-order valence-corrected chi connectivity index (χ0v) is 18.8. The fourth-order valence-electron chi connectivity index (χ4n) is 3.74. The smallest absolute Gasteiger partial charge is 0.289 e. The van der Waals surface area contributed by atoms with Gasteiger partial charge in [0.15, 0.2) is 5.76 Å². The third-order valence-electron chi connectivity index (χ3n) is 5.24. The van der Waals surface area contributed by atoms with Crippen LogP contribution in [0.5, 0.6) is 0 Å². The van der Waals surface area contributed by atoms with E-state index in [1.807, 2.05) is 38.7 Å². The maximum Gasteiger partial charge on any atom is 0.289 e. The van der Waals surface area contributed by atoms with Gasteiger partial charge in [0.25, 0.3) is 11.9 Å². The molecule has 168 valence electrons. The van der Waals surface area contributed by atoms with Gasteiger partial charge in [-0.1, -0.05) is 0 Å². The number of hydrogen-bond donors (Lipinski definition) is 1. The molecule has 1 saturated heterocycles. The molecule has 0 atom stereocenters. The minimum absolute atomic E-state index is 0.116. The molecule has 3 aromatic heterocycles. The van der Waals surface area contributed by atoms with Gasteiger partial charge >= 0.3 is 0 Å². The van der Waals surface area contributed by atoms with Gasteiger partial charge in [-0.2, -0.15) is 9.78 Å². The molecule has 2 amide bonds. The van der Waals surface area contributed by atoms with E-state index in [9.17, 15) is 9.59 Å². The Labute approximate surface area is 186 Å². The lowest BCUT2D eigenvalue weighted by Crippen LogP contribution is -2.50. The molecular formula is C22H27N7O3. The van der Waals surface area contributed by atoms with Crippen LogP contribution in [0.4, 0.5) is 5.82 Å². The first kappa shape index (κ1) is 21.7. The molecule has 0 aromatic carbocycles. The van der Waals surface area contributed by atoms with Gasteiger partial charge in [0.2, 0.25) is 5.91 Å². The number of carbonyl (C=O) groups is 2. The highest BCUT2D eigenvalue weighted by molar-refractivity contribution is 5.92. The Morgan fingerprint density at radius 3 is 2.28 bits per heavy atom. The Morgan fingerprint density at radius 1 is 0.969 bits per heavy atom. The van der Waals surface area contributed by atoms with Crippen molar-refractivity contribution in [1.82, 2.24) is 29.5 Å². The summed E-state index contributed by atoms with van der Waals surface area (Å²) in [5, 5.41) is 7.36. The summed E-state index contributed by atoms with van der Waals surface area (Å²) in [5.74, 6) is 1.74. The summed E-state index contributed by atoms with van der Waals surface area (Å²) >= 11 is 0. The number of nitrogens with one attached hydrogen (secondary N) is 1. The average Bonchev–Trinajstić information content (AvgIpc) is 3.32. The minimum Gasteiger partial charge on any atom is -0.456 e. The van der Waals surface area contributed by atoms with E-state index < -0.39 is 0 Å². The van der Waals surface area contributed by atoms with Crippen LogP contribution in [0.2, 0.25) is 0 Å². The molecule has 1 aliphatic rings. The second-order valence-electron chi connectivity index (χ2n) is 8.06. The first-order valence-corrected chi connectivity index (χ1v) is 10.6. The third kappa shape index (κ3) is 4.86. The summed E-state index contributed by atoms with van der Waals surface area (Å²) in [6, 6.07) is 7.15. The molecule has 1 aliphatic heterocycles. The van der Waals surface area contributed by atoms with Gasteiger partial charge in [-0.3, -0.25) is 14.5 Å². The van der Waals surface area contributed by atoms with Crippen LogP contribution in [0, 0.1) is 27.7 Å². The van der Waals surface area contributed by atoms with Crippen molar-refractivity contribution < 1.29 is 14.0 Å². The maximum absolute atomic E-state index is 12.7. The Bertz CT molecular complexity index is 1120. The fraction of sp³-hybridized carbons (Fsp3) is 0.409. The third-order valence-corrected chi connectivity index (χ3v) is 5.24. The predicted octanol–water partition coefficient (Wildman–Crippen LogP) is 1.89. The van der Waals surface area contributed by atoms with E-state index in [0.29, 0.717) is 49.5 Å². The SMILES string of the molecule is Cc1cc(C)nc(-n2nc(C)cc2NC(=O)CN2CCN(C(=O)c3ccc(C)o3)CC2)n1. The second-order valence-corrected chi connectivity index (χ2v) is 8.06. The monoisotopic (exact) mass is 437 g/mol. The van der Waals surface area contributed by atoms with Gasteiger partial charge in [-0.05, 0) is 45.9 Å². The molecule has 0 saturated carbocycles. The number of furan rings is 1. The van der Waals surface area contributed by atoms with E-state index in [4.69, 9.17) is 4.42 Å². The summed E-state index contributed by atoms with van der Waals surface area (Å²) < 4.78 is 6.98. The number of carbonyl (C=O) groups excluding carboxylic acids is 2. The zero-order chi connectivity index (χ0) is 22.8. The van der Waals surface area contributed by atoms with Crippen molar-refractivity contribution in [1.29, 1.82) is 0 Å². The fourth-order valence-corrected chi connectivity index (χ4v) is 3.74. The topological polar surface area (TPSA) is 109 Å². The van der Waals surface area contributed by atoms with Crippen LogP contribution >= 0.6 is 0 Å². The molecule has 4 heterocycles. The number of anilines is 1. The van der Waals surface area contributed by atoms with Crippen molar-refractivity contribution in [3.63, 3.8) is 0 Å². The Hall–Kier alpha value is -3.53. The van der Waals surface area contributed by atoms with Crippen LogP contribution in [0.1, 0.15) is 33.4 Å². The van der Waals surface area contributed by atoms with Crippen molar-refractivity contribution in [3.05, 3.63) is 52.9 Å². The molecule has 0 aliphatic carbocycles. The molecule has 1 fully saturated rings. The molecule has 4 rings (SSSR count). The summed E-state index contributed by atoms with van der Waals surface area (Å²) in [4.78, 5) is 37.9. The van der Waals surface area contributed by atoms with Gasteiger partial charge in [0.05, 0.1) is 12.2 Å². The first-order valence-electron chi connectivity index (χ1n) is 10.6. The van der Waals surface area contributed by atoms with Crippen LogP contribution in [0.25, 0.3) is 5.95 Å². The van der Waals surface area contributed by atoms with Gasteiger partial charge in [-0.15, -0.1) is 0 Å².